The second-order valence-corrected chi connectivity index (χ2v) is 7.69. The molecule has 3 rings (SSSR count). The summed E-state index contributed by atoms with van der Waals surface area (Å²) in [7, 11) is 0. The zero-order valence-electron chi connectivity index (χ0n) is 16.6. The normalized spacial score (nSPS) is 19.3. The summed E-state index contributed by atoms with van der Waals surface area (Å²) in [6.07, 6.45) is 11.2. The number of benzene rings is 1. The number of likely N-dealkylation sites (tertiary alicyclic amines) is 1. The van der Waals surface area contributed by atoms with Gasteiger partial charge in [0.1, 0.15) is 0 Å². The predicted molar refractivity (Wildman–Crippen MR) is 114 cm³/mol. The van der Waals surface area contributed by atoms with Gasteiger partial charge in [0, 0.05) is 12.1 Å². The average Bonchev–Trinajstić information content (AvgIpc) is 3.34. The van der Waals surface area contributed by atoms with Crippen LogP contribution >= 0.6 is 0 Å². The number of unbranched alkanes of at least 4 members (excludes halogenated alkanes) is 5. The fourth-order valence-electron chi connectivity index (χ4n) is 4.03. The molecule has 1 saturated heterocycles. The van der Waals surface area contributed by atoms with Crippen LogP contribution in [0.25, 0.3) is 0 Å². The van der Waals surface area contributed by atoms with Gasteiger partial charge < -0.3 is 10.6 Å². The Morgan fingerprint density at radius 1 is 1.15 bits per heavy atom. The molecule has 0 amide bonds. The van der Waals surface area contributed by atoms with E-state index in [1.54, 1.807) is 0 Å². The van der Waals surface area contributed by atoms with E-state index >= 15 is 0 Å². The van der Waals surface area contributed by atoms with Crippen LogP contribution in [0.1, 0.15) is 69.4 Å². The van der Waals surface area contributed by atoms with E-state index in [0.29, 0.717) is 6.54 Å². The Labute approximate surface area is 163 Å². The molecule has 0 spiro atoms. The Morgan fingerprint density at radius 3 is 2.63 bits per heavy atom. The number of nitrogens with two attached hydrogens (primary N) is 1. The molecule has 2 heterocycles. The Kier molecular flexibility index (Phi) is 7.02. The van der Waals surface area contributed by atoms with E-state index in [4.69, 9.17) is 16.1 Å². The molecule has 2 aliphatic heterocycles. The summed E-state index contributed by atoms with van der Waals surface area (Å²) >= 11 is 0. The van der Waals surface area contributed by atoms with Gasteiger partial charge in [0.05, 0.1) is 18.3 Å². The first-order valence-electron chi connectivity index (χ1n) is 10.5. The third-order valence-corrected chi connectivity index (χ3v) is 5.62. The van der Waals surface area contributed by atoms with E-state index in [9.17, 15) is 0 Å². The first kappa shape index (κ1) is 19.6. The van der Waals surface area contributed by atoms with E-state index in [2.05, 4.69) is 36.2 Å². The van der Waals surface area contributed by atoms with Crippen LogP contribution in [0, 0.1) is 5.41 Å². The average molecular weight is 368 g/mol. The Balaban J connectivity index is 1.52. The molecule has 0 aliphatic carbocycles. The number of aliphatic imine (C=N–C) groups is 2. The van der Waals surface area contributed by atoms with Crippen molar-refractivity contribution in [1.29, 1.82) is 5.41 Å². The van der Waals surface area contributed by atoms with Crippen LogP contribution in [0.5, 0.6) is 0 Å². The van der Waals surface area contributed by atoms with Crippen molar-refractivity contribution in [3.05, 3.63) is 35.4 Å². The second-order valence-electron chi connectivity index (χ2n) is 7.69. The van der Waals surface area contributed by atoms with Crippen LogP contribution in [-0.4, -0.2) is 41.5 Å². The van der Waals surface area contributed by atoms with Crippen molar-refractivity contribution in [2.24, 2.45) is 15.7 Å². The van der Waals surface area contributed by atoms with Gasteiger partial charge in [-0.15, -0.1) is 0 Å². The fraction of sp³-hybridized carbons (Fsp3) is 0.591. The number of hydrogen-bond donors (Lipinski definition) is 2. The van der Waals surface area contributed by atoms with Crippen LogP contribution in [0.4, 0.5) is 0 Å². The van der Waals surface area contributed by atoms with Crippen LogP contribution in [0.15, 0.2) is 34.3 Å². The topological polar surface area (TPSA) is 77.8 Å². The predicted octanol–water partition coefficient (Wildman–Crippen LogP) is 4.15. The third-order valence-electron chi connectivity index (χ3n) is 5.62. The van der Waals surface area contributed by atoms with Gasteiger partial charge >= 0.3 is 0 Å². The lowest BCUT2D eigenvalue weighted by Crippen LogP contribution is -2.44. The fourth-order valence-corrected chi connectivity index (χ4v) is 4.03. The highest BCUT2D eigenvalue weighted by Crippen LogP contribution is 2.21. The third kappa shape index (κ3) is 5.18. The van der Waals surface area contributed by atoms with E-state index in [1.165, 1.54) is 44.1 Å². The lowest BCUT2D eigenvalue weighted by atomic mass is 10.0. The van der Waals surface area contributed by atoms with Gasteiger partial charge in [0.25, 0.3) is 0 Å². The van der Waals surface area contributed by atoms with Gasteiger partial charge in [0.2, 0.25) is 0 Å². The van der Waals surface area contributed by atoms with Crippen molar-refractivity contribution in [2.75, 3.05) is 13.1 Å². The summed E-state index contributed by atoms with van der Waals surface area (Å²) in [5.74, 6) is 0.971. The van der Waals surface area contributed by atoms with Gasteiger partial charge in [0.15, 0.2) is 11.8 Å². The molecule has 0 bridgehead atoms. The second kappa shape index (κ2) is 9.67. The highest BCUT2D eigenvalue weighted by atomic mass is 15.3. The molecule has 0 saturated carbocycles. The lowest BCUT2D eigenvalue weighted by molar-refractivity contribution is 0.456. The lowest BCUT2D eigenvalue weighted by Gasteiger charge is -2.24. The first-order chi connectivity index (χ1) is 13.2. The largest absolute Gasteiger partial charge is 0.370 e. The number of hydrogen-bond acceptors (Lipinski definition) is 3. The summed E-state index contributed by atoms with van der Waals surface area (Å²) in [4.78, 5) is 11.4. The minimum absolute atomic E-state index is 0.146. The van der Waals surface area contributed by atoms with Crippen molar-refractivity contribution in [2.45, 2.75) is 70.8 Å². The number of rotatable bonds is 9. The molecule has 1 aromatic carbocycles. The molecule has 0 aromatic heterocycles. The SMILES string of the molecule is CCCCCCCCc1ccc(C2=NCC(C3CCCN3C(=N)N)=N2)cc1. The maximum Gasteiger partial charge on any atom is 0.188 e. The zero-order chi connectivity index (χ0) is 19.1. The maximum absolute atomic E-state index is 7.74. The van der Waals surface area contributed by atoms with Crippen molar-refractivity contribution in [3.63, 3.8) is 0 Å². The van der Waals surface area contributed by atoms with E-state index < -0.39 is 0 Å². The molecule has 3 N–H and O–H groups in total. The van der Waals surface area contributed by atoms with Gasteiger partial charge in [-0.3, -0.25) is 10.4 Å². The van der Waals surface area contributed by atoms with E-state index in [1.807, 2.05) is 4.90 Å². The molecular formula is C22H33N5. The molecule has 1 aromatic rings. The minimum atomic E-state index is 0.146. The summed E-state index contributed by atoms with van der Waals surface area (Å²) in [6, 6.07) is 8.88. The molecule has 2 aliphatic rings. The number of aryl methyl sites for hydroxylation is 1. The Morgan fingerprint density at radius 2 is 1.89 bits per heavy atom. The number of amidine groups is 1. The highest BCUT2D eigenvalue weighted by Gasteiger charge is 2.31. The molecule has 1 atom stereocenters. The molecule has 27 heavy (non-hydrogen) atoms. The van der Waals surface area contributed by atoms with Crippen molar-refractivity contribution in [1.82, 2.24) is 4.90 Å². The van der Waals surface area contributed by atoms with E-state index in [-0.39, 0.29) is 12.0 Å². The summed E-state index contributed by atoms with van der Waals surface area (Å²) in [5.41, 5.74) is 9.24. The van der Waals surface area contributed by atoms with Crippen LogP contribution in [0.2, 0.25) is 0 Å². The first-order valence-corrected chi connectivity index (χ1v) is 10.5. The smallest absolute Gasteiger partial charge is 0.188 e. The standard InChI is InChI=1S/C22H33N5/c1-2-3-4-5-6-7-9-17-11-13-18(14-12-17)21-25-16-19(26-21)20-10-8-15-27(20)22(23)24/h11-14,20H,2-10,15-16H2,1H3,(H3,23,24). The molecule has 5 nitrogen and oxygen atoms in total. The molecule has 1 fully saturated rings. The van der Waals surface area contributed by atoms with Crippen molar-refractivity contribution in [3.8, 4) is 0 Å². The molecule has 1 unspecified atom stereocenters. The molecule has 5 heteroatoms. The molecular weight excluding hydrogens is 334 g/mol. The number of nitrogens with zero attached hydrogens (tertiary/aromatic N) is 3. The van der Waals surface area contributed by atoms with Crippen molar-refractivity contribution >= 4 is 17.5 Å². The van der Waals surface area contributed by atoms with Crippen LogP contribution < -0.4 is 5.73 Å². The number of guanidine groups is 1. The molecule has 0 radical (unpaired) electrons. The quantitative estimate of drug-likeness (QED) is 0.391. The molecule has 146 valence electrons. The van der Waals surface area contributed by atoms with Gasteiger partial charge in [-0.05, 0) is 31.2 Å². The van der Waals surface area contributed by atoms with Gasteiger partial charge in [-0.1, -0.05) is 63.3 Å². The summed E-state index contributed by atoms with van der Waals surface area (Å²) < 4.78 is 0. The maximum atomic E-state index is 7.74. The monoisotopic (exact) mass is 367 g/mol. The summed E-state index contributed by atoms with van der Waals surface area (Å²) in [5, 5.41) is 7.74. The Bertz CT molecular complexity index is 689. The van der Waals surface area contributed by atoms with Gasteiger partial charge in [-0.25, -0.2) is 4.99 Å². The number of nitrogens with one attached hydrogen (secondary N) is 1. The van der Waals surface area contributed by atoms with Gasteiger partial charge in [-0.2, -0.15) is 0 Å². The highest BCUT2D eigenvalue weighted by molar-refractivity contribution is 6.13. The summed E-state index contributed by atoms with van der Waals surface area (Å²) in [6.45, 7) is 3.74. The minimum Gasteiger partial charge on any atom is -0.370 e. The van der Waals surface area contributed by atoms with E-state index in [0.717, 1.165) is 42.9 Å². The van der Waals surface area contributed by atoms with Crippen molar-refractivity contribution < 1.29 is 0 Å². The van der Waals surface area contributed by atoms with Crippen LogP contribution in [0.3, 0.4) is 0 Å². The van der Waals surface area contributed by atoms with Crippen LogP contribution in [-0.2, 0) is 6.42 Å². The Hall–Kier alpha value is -2.17. The zero-order valence-corrected chi connectivity index (χ0v) is 16.6.